The number of primary amides is 1. The number of amides is 2. The zero-order valence-corrected chi connectivity index (χ0v) is 10.2. The predicted octanol–water partition coefficient (Wildman–Crippen LogP) is 1.17. The van der Waals surface area contributed by atoms with E-state index in [1.165, 1.54) is 0 Å². The van der Waals surface area contributed by atoms with Gasteiger partial charge in [0.25, 0.3) is 11.8 Å². The highest BCUT2D eigenvalue weighted by Crippen LogP contribution is 2.27. The van der Waals surface area contributed by atoms with Gasteiger partial charge < -0.3 is 11.1 Å². The van der Waals surface area contributed by atoms with Crippen LogP contribution in [0.4, 0.5) is 18.9 Å². The fourth-order valence-electron chi connectivity index (χ4n) is 1.47. The van der Waals surface area contributed by atoms with Gasteiger partial charge in [-0.25, -0.2) is 4.98 Å². The van der Waals surface area contributed by atoms with Gasteiger partial charge in [-0.05, 0) is 12.1 Å². The molecule has 10 heteroatoms. The third-order valence-electron chi connectivity index (χ3n) is 2.41. The molecule has 4 N–H and O–H groups in total. The molecule has 2 aromatic heterocycles. The van der Waals surface area contributed by atoms with Gasteiger partial charge in [-0.2, -0.15) is 18.3 Å². The number of carbonyl (C=O) groups is 2. The average molecular weight is 299 g/mol. The quantitative estimate of drug-likeness (QED) is 0.789. The van der Waals surface area contributed by atoms with Crippen LogP contribution >= 0.6 is 0 Å². The van der Waals surface area contributed by atoms with Crippen molar-refractivity contribution < 1.29 is 22.8 Å². The first kappa shape index (κ1) is 14.5. The van der Waals surface area contributed by atoms with Crippen LogP contribution in [-0.4, -0.2) is 27.0 Å². The van der Waals surface area contributed by atoms with E-state index in [9.17, 15) is 22.8 Å². The van der Waals surface area contributed by atoms with Gasteiger partial charge >= 0.3 is 6.18 Å². The van der Waals surface area contributed by atoms with E-state index in [0.717, 1.165) is 24.4 Å². The van der Waals surface area contributed by atoms with E-state index in [0.29, 0.717) is 0 Å². The minimum Gasteiger partial charge on any atom is -0.364 e. The molecule has 0 spiro atoms. The first-order valence-corrected chi connectivity index (χ1v) is 5.48. The van der Waals surface area contributed by atoms with Gasteiger partial charge in [0.05, 0.1) is 11.9 Å². The molecule has 110 valence electrons. The first-order chi connectivity index (χ1) is 9.79. The molecule has 0 aliphatic carbocycles. The van der Waals surface area contributed by atoms with E-state index in [1.807, 2.05) is 0 Å². The Hall–Kier alpha value is -2.91. The maximum Gasteiger partial charge on any atom is 0.433 e. The number of halogens is 3. The molecule has 0 atom stereocenters. The zero-order chi connectivity index (χ0) is 15.6. The average Bonchev–Trinajstić information content (AvgIpc) is 2.86. The molecule has 21 heavy (non-hydrogen) atoms. The van der Waals surface area contributed by atoms with Crippen LogP contribution in [-0.2, 0) is 6.18 Å². The maximum absolute atomic E-state index is 12.5. The lowest BCUT2D eigenvalue weighted by Crippen LogP contribution is -2.19. The highest BCUT2D eigenvalue weighted by atomic mass is 19.4. The lowest BCUT2D eigenvalue weighted by atomic mass is 10.2. The highest BCUT2D eigenvalue weighted by molar-refractivity contribution is 6.06. The van der Waals surface area contributed by atoms with Crippen molar-refractivity contribution in [2.75, 3.05) is 5.32 Å². The fraction of sp³-hybridized carbons (Fsp3) is 0.0909. The number of aromatic amines is 1. The lowest BCUT2D eigenvalue weighted by Gasteiger charge is -2.08. The standard InChI is InChI=1S/C11H8F3N5O2/c12-11(13,14)7-3-1-2-5(17-7)10(21)18-6-4-16-19-8(6)9(15)20/h1-4H,(H2,15,20)(H,16,19)(H,18,21). The number of pyridine rings is 1. The number of carbonyl (C=O) groups excluding carboxylic acids is 2. The minimum atomic E-state index is -4.66. The summed E-state index contributed by atoms with van der Waals surface area (Å²) in [5.41, 5.74) is 3.15. The predicted molar refractivity (Wildman–Crippen MR) is 64.3 cm³/mol. The Kier molecular flexibility index (Phi) is 3.61. The topological polar surface area (TPSA) is 114 Å². The van der Waals surface area contributed by atoms with E-state index in [1.54, 1.807) is 0 Å². The van der Waals surface area contributed by atoms with Crippen molar-refractivity contribution in [1.82, 2.24) is 15.2 Å². The Balaban J connectivity index is 2.25. The summed E-state index contributed by atoms with van der Waals surface area (Å²) in [4.78, 5) is 26.1. The van der Waals surface area contributed by atoms with Crippen LogP contribution in [0.2, 0.25) is 0 Å². The van der Waals surface area contributed by atoms with E-state index < -0.39 is 29.4 Å². The van der Waals surface area contributed by atoms with Gasteiger partial charge in [0, 0.05) is 0 Å². The SMILES string of the molecule is NC(=O)c1[nH]ncc1NC(=O)c1cccc(C(F)(F)F)n1. The zero-order valence-electron chi connectivity index (χ0n) is 10.2. The van der Waals surface area contributed by atoms with Crippen molar-refractivity contribution >= 4 is 17.5 Å². The van der Waals surface area contributed by atoms with Gasteiger partial charge in [0.1, 0.15) is 17.1 Å². The smallest absolute Gasteiger partial charge is 0.364 e. The molecule has 7 nitrogen and oxygen atoms in total. The number of alkyl halides is 3. The summed E-state index contributed by atoms with van der Waals surface area (Å²) in [6.45, 7) is 0. The summed E-state index contributed by atoms with van der Waals surface area (Å²) < 4.78 is 37.5. The van der Waals surface area contributed by atoms with Gasteiger partial charge in [-0.15, -0.1) is 0 Å². The number of anilines is 1. The maximum atomic E-state index is 12.5. The summed E-state index contributed by atoms with van der Waals surface area (Å²) in [7, 11) is 0. The van der Waals surface area contributed by atoms with Crippen LogP contribution in [0.1, 0.15) is 26.7 Å². The van der Waals surface area contributed by atoms with Gasteiger partial charge in [0.2, 0.25) is 0 Å². The van der Waals surface area contributed by atoms with Crippen molar-refractivity contribution in [2.45, 2.75) is 6.18 Å². The summed E-state index contributed by atoms with van der Waals surface area (Å²) in [6, 6.07) is 2.90. The van der Waals surface area contributed by atoms with Gasteiger partial charge in [-0.1, -0.05) is 6.07 Å². The molecular weight excluding hydrogens is 291 g/mol. The number of nitrogens with two attached hydrogens (primary N) is 1. The van der Waals surface area contributed by atoms with Crippen molar-refractivity contribution in [3.05, 3.63) is 41.5 Å². The Morgan fingerprint density at radius 3 is 2.62 bits per heavy atom. The molecule has 0 radical (unpaired) electrons. The summed E-state index contributed by atoms with van der Waals surface area (Å²) in [5, 5.41) is 7.97. The largest absolute Gasteiger partial charge is 0.433 e. The third-order valence-corrected chi connectivity index (χ3v) is 2.41. The van der Waals surface area contributed by atoms with Crippen molar-refractivity contribution in [1.29, 1.82) is 0 Å². The fourth-order valence-corrected chi connectivity index (χ4v) is 1.47. The molecule has 2 heterocycles. The molecular formula is C11H8F3N5O2. The van der Waals surface area contributed by atoms with E-state index in [4.69, 9.17) is 5.73 Å². The number of aromatic nitrogens is 3. The summed E-state index contributed by atoms with van der Waals surface area (Å²) in [6.07, 6.45) is -3.56. The minimum absolute atomic E-state index is 0.0493. The number of nitrogens with one attached hydrogen (secondary N) is 2. The van der Waals surface area contributed by atoms with Crippen LogP contribution in [0.25, 0.3) is 0 Å². The van der Waals surface area contributed by atoms with Crippen molar-refractivity contribution in [3.63, 3.8) is 0 Å². The lowest BCUT2D eigenvalue weighted by molar-refractivity contribution is -0.141. The molecule has 0 unspecified atom stereocenters. The molecule has 0 saturated heterocycles. The number of hydrogen-bond donors (Lipinski definition) is 3. The second-order valence-corrected chi connectivity index (χ2v) is 3.88. The van der Waals surface area contributed by atoms with Crippen LogP contribution in [0.3, 0.4) is 0 Å². The number of rotatable bonds is 3. The Labute approximate surface area is 115 Å². The number of nitrogens with zero attached hydrogens (tertiary/aromatic N) is 2. The Morgan fingerprint density at radius 2 is 2.00 bits per heavy atom. The van der Waals surface area contributed by atoms with Gasteiger partial charge in [-0.3, -0.25) is 14.7 Å². The molecule has 2 amide bonds. The Morgan fingerprint density at radius 1 is 1.29 bits per heavy atom. The van der Waals surface area contributed by atoms with E-state index >= 15 is 0 Å². The molecule has 0 aliphatic heterocycles. The molecule has 2 aromatic rings. The number of H-pyrrole nitrogens is 1. The monoisotopic (exact) mass is 299 g/mol. The molecule has 0 aromatic carbocycles. The van der Waals surface area contributed by atoms with Crippen LogP contribution < -0.4 is 11.1 Å². The second-order valence-electron chi connectivity index (χ2n) is 3.88. The summed E-state index contributed by atoms with van der Waals surface area (Å²) >= 11 is 0. The molecule has 0 bridgehead atoms. The summed E-state index contributed by atoms with van der Waals surface area (Å²) in [5.74, 6) is -1.80. The molecule has 2 rings (SSSR count). The van der Waals surface area contributed by atoms with Crippen molar-refractivity contribution in [3.8, 4) is 0 Å². The van der Waals surface area contributed by atoms with Crippen LogP contribution in [0, 0.1) is 0 Å². The first-order valence-electron chi connectivity index (χ1n) is 5.48. The second kappa shape index (κ2) is 5.23. The third kappa shape index (κ3) is 3.16. The van der Waals surface area contributed by atoms with E-state index in [-0.39, 0.29) is 11.4 Å². The van der Waals surface area contributed by atoms with Gasteiger partial charge in [0.15, 0.2) is 0 Å². The van der Waals surface area contributed by atoms with Crippen LogP contribution in [0.15, 0.2) is 24.4 Å². The Bertz CT molecular complexity index is 695. The van der Waals surface area contributed by atoms with E-state index in [2.05, 4.69) is 20.5 Å². The van der Waals surface area contributed by atoms with Crippen LogP contribution in [0.5, 0.6) is 0 Å². The van der Waals surface area contributed by atoms with Crippen molar-refractivity contribution in [2.24, 2.45) is 5.73 Å². The normalized spacial score (nSPS) is 11.2. The number of hydrogen-bond acceptors (Lipinski definition) is 4. The molecule has 0 saturated carbocycles. The highest BCUT2D eigenvalue weighted by Gasteiger charge is 2.33. The molecule has 0 fully saturated rings. The molecule has 0 aliphatic rings.